The Kier molecular flexibility index (Phi) is 9.53. The Bertz CT molecular complexity index is 631. The van der Waals surface area contributed by atoms with Gasteiger partial charge in [0.25, 0.3) is 0 Å². The van der Waals surface area contributed by atoms with E-state index in [-0.39, 0.29) is 22.2 Å². The van der Waals surface area contributed by atoms with E-state index in [4.69, 9.17) is 0 Å². The minimum atomic E-state index is -1.79. The molecule has 0 aromatic heterocycles. The lowest BCUT2D eigenvalue weighted by Gasteiger charge is -2.59. The van der Waals surface area contributed by atoms with Crippen LogP contribution in [0.15, 0.2) is 0 Å². The van der Waals surface area contributed by atoms with Crippen LogP contribution in [-0.2, 0) is 9.59 Å². The molecule has 0 spiro atoms. The van der Waals surface area contributed by atoms with Crippen LogP contribution in [0.1, 0.15) is 132 Å². The van der Waals surface area contributed by atoms with Crippen LogP contribution in [0.4, 0.5) is 0 Å². The molecule has 0 bridgehead atoms. The van der Waals surface area contributed by atoms with Gasteiger partial charge in [-0.2, -0.15) is 0 Å². The molecule has 6 nitrogen and oxygen atoms in total. The van der Waals surface area contributed by atoms with Gasteiger partial charge in [-0.25, -0.2) is 0 Å². The van der Waals surface area contributed by atoms with E-state index >= 15 is 0 Å². The van der Waals surface area contributed by atoms with Crippen LogP contribution in [0.2, 0.25) is 0 Å². The Morgan fingerprint density at radius 2 is 0.771 bits per heavy atom. The Balaban J connectivity index is 2.78. The van der Waals surface area contributed by atoms with Crippen molar-refractivity contribution in [3.05, 3.63) is 0 Å². The summed E-state index contributed by atoms with van der Waals surface area (Å²) in [6.07, 6.45) is 9.32. The van der Waals surface area contributed by atoms with Gasteiger partial charge in [0.2, 0.25) is 0 Å². The highest BCUT2D eigenvalue weighted by Gasteiger charge is 2.65. The van der Waals surface area contributed by atoms with E-state index in [1.165, 1.54) is 0 Å². The normalized spacial score (nSPS) is 24.2. The number of carboxylic acid groups (broad SMARTS) is 2. The molecule has 2 rings (SSSR count). The van der Waals surface area contributed by atoms with Gasteiger partial charge in [-0.15, -0.1) is 0 Å². The fraction of sp³-hybridized carbons (Fsp3) is 0.931. The first-order valence-electron chi connectivity index (χ1n) is 14.5. The number of rotatable bonds is 12. The van der Waals surface area contributed by atoms with E-state index in [2.05, 4.69) is 66.0 Å². The predicted molar refractivity (Wildman–Crippen MR) is 143 cm³/mol. The largest absolute Gasteiger partial charge is 0.480 e. The number of hydrogen-bond donors (Lipinski definition) is 4. The zero-order chi connectivity index (χ0) is 26.7. The maximum atomic E-state index is 13.4. The van der Waals surface area contributed by atoms with E-state index in [9.17, 15) is 19.8 Å². The monoisotopic (exact) mass is 494 g/mol. The summed E-state index contributed by atoms with van der Waals surface area (Å²) in [5, 5.41) is 29.8. The van der Waals surface area contributed by atoms with Crippen molar-refractivity contribution in [2.45, 2.75) is 155 Å². The lowest BCUT2D eigenvalue weighted by Crippen LogP contribution is -2.70. The van der Waals surface area contributed by atoms with Crippen LogP contribution in [0.3, 0.4) is 0 Å². The van der Waals surface area contributed by atoms with Gasteiger partial charge in [0.15, 0.2) is 5.41 Å². The van der Waals surface area contributed by atoms with Crippen molar-refractivity contribution in [1.29, 1.82) is 0 Å². The molecule has 2 aliphatic heterocycles. The minimum Gasteiger partial charge on any atom is -0.480 e. The quantitative estimate of drug-likeness (QED) is 0.235. The first-order chi connectivity index (χ1) is 16.4. The molecule has 2 aliphatic rings. The Morgan fingerprint density at radius 3 is 0.914 bits per heavy atom. The third-order valence-corrected chi connectivity index (χ3v) is 11.0. The molecule has 204 valence electrons. The highest BCUT2D eigenvalue weighted by molar-refractivity contribution is 5.99. The number of hydrogen-bond acceptors (Lipinski definition) is 4. The van der Waals surface area contributed by atoms with Crippen molar-refractivity contribution < 1.29 is 19.8 Å². The maximum absolute atomic E-state index is 13.4. The number of carboxylic acids is 2. The van der Waals surface area contributed by atoms with Crippen LogP contribution >= 0.6 is 0 Å². The second kappa shape index (κ2) is 11.1. The summed E-state index contributed by atoms with van der Waals surface area (Å²) in [5.74, 6) is -3.10. The average molecular weight is 495 g/mol. The van der Waals surface area contributed by atoms with Gasteiger partial charge in [-0.1, -0.05) is 55.4 Å². The lowest BCUT2D eigenvalue weighted by molar-refractivity contribution is -0.184. The molecule has 0 atom stereocenters. The Morgan fingerprint density at radius 1 is 0.571 bits per heavy atom. The molecule has 35 heavy (non-hydrogen) atoms. The van der Waals surface area contributed by atoms with Crippen LogP contribution in [-0.4, -0.2) is 44.3 Å². The van der Waals surface area contributed by atoms with Gasteiger partial charge in [-0.05, 0) is 88.9 Å². The number of piperidine rings is 2. The van der Waals surface area contributed by atoms with Gasteiger partial charge < -0.3 is 20.8 Å². The van der Waals surface area contributed by atoms with Crippen molar-refractivity contribution in [1.82, 2.24) is 10.6 Å². The first kappa shape index (κ1) is 30.1. The zero-order valence-corrected chi connectivity index (χ0v) is 23.9. The molecule has 2 saturated heterocycles. The summed E-state index contributed by atoms with van der Waals surface area (Å²) in [7, 11) is 0. The van der Waals surface area contributed by atoms with Crippen LogP contribution in [0.25, 0.3) is 0 Å². The molecule has 6 heteroatoms. The molecule has 2 heterocycles. The van der Waals surface area contributed by atoms with Gasteiger partial charge in [0.1, 0.15) is 0 Å². The third kappa shape index (κ3) is 5.03. The summed E-state index contributed by atoms with van der Waals surface area (Å²) < 4.78 is 0. The summed E-state index contributed by atoms with van der Waals surface area (Å²) in [5.41, 5.74) is -2.75. The minimum absolute atomic E-state index is 0.239. The molecule has 4 N–H and O–H groups in total. The fourth-order valence-corrected chi connectivity index (χ4v) is 7.99. The third-order valence-electron chi connectivity index (χ3n) is 11.0. The molecule has 0 saturated carbocycles. The summed E-state index contributed by atoms with van der Waals surface area (Å²) in [4.78, 5) is 26.8. The second-order valence-electron chi connectivity index (χ2n) is 11.9. The van der Waals surface area contributed by atoms with Gasteiger partial charge >= 0.3 is 11.9 Å². The average Bonchev–Trinajstić information content (AvgIpc) is 2.87. The fourth-order valence-electron chi connectivity index (χ4n) is 7.99. The van der Waals surface area contributed by atoms with Crippen molar-refractivity contribution in [2.24, 2.45) is 17.3 Å². The summed E-state index contributed by atoms with van der Waals surface area (Å²) in [6.45, 7) is 17.2. The molecule has 0 unspecified atom stereocenters. The van der Waals surface area contributed by atoms with Crippen molar-refractivity contribution in [2.75, 3.05) is 0 Å². The molecular weight excluding hydrogens is 440 g/mol. The van der Waals surface area contributed by atoms with E-state index in [0.717, 1.165) is 51.4 Å². The van der Waals surface area contributed by atoms with Gasteiger partial charge in [-0.3, -0.25) is 9.59 Å². The molecule has 0 amide bonds. The van der Waals surface area contributed by atoms with Crippen molar-refractivity contribution in [3.8, 4) is 0 Å². The number of nitrogens with one attached hydrogen (secondary N) is 2. The van der Waals surface area contributed by atoms with Crippen LogP contribution in [0, 0.1) is 17.3 Å². The summed E-state index contributed by atoms with van der Waals surface area (Å²) in [6, 6.07) is 0. The molecule has 2 fully saturated rings. The number of aliphatic carboxylic acids is 2. The Hall–Kier alpha value is -1.14. The predicted octanol–water partition coefficient (Wildman–Crippen LogP) is 6.38. The van der Waals surface area contributed by atoms with E-state index in [1.807, 2.05) is 0 Å². The van der Waals surface area contributed by atoms with E-state index < -0.39 is 29.2 Å². The standard InChI is InChI=1S/C29H54N2O4/c1-9-25(10-2)17-21(18-26(11-3,12-4)30-25)29(23(32)33,24(34)35)22-19-27(13-5,14-6)31-28(15-7,16-8)20-22/h21-22,30-31H,9-20H2,1-8H3,(H,32,33)(H,34,35). The van der Waals surface area contributed by atoms with E-state index in [0.29, 0.717) is 25.7 Å². The molecule has 0 radical (unpaired) electrons. The first-order valence-corrected chi connectivity index (χ1v) is 14.5. The molecular formula is C29H54N2O4. The zero-order valence-electron chi connectivity index (χ0n) is 23.9. The second-order valence-corrected chi connectivity index (χ2v) is 11.9. The summed E-state index contributed by atoms with van der Waals surface area (Å²) >= 11 is 0. The van der Waals surface area contributed by atoms with Gasteiger partial charge in [0, 0.05) is 22.2 Å². The van der Waals surface area contributed by atoms with Crippen LogP contribution < -0.4 is 10.6 Å². The van der Waals surface area contributed by atoms with Crippen molar-refractivity contribution >= 4 is 11.9 Å². The lowest BCUT2D eigenvalue weighted by atomic mass is 9.51. The smallest absolute Gasteiger partial charge is 0.321 e. The topological polar surface area (TPSA) is 98.7 Å². The highest BCUT2D eigenvalue weighted by Crippen LogP contribution is 2.56. The van der Waals surface area contributed by atoms with Crippen molar-refractivity contribution in [3.63, 3.8) is 0 Å². The molecule has 0 aromatic rings. The molecule has 0 aliphatic carbocycles. The maximum Gasteiger partial charge on any atom is 0.321 e. The van der Waals surface area contributed by atoms with E-state index in [1.54, 1.807) is 0 Å². The van der Waals surface area contributed by atoms with Crippen LogP contribution in [0.5, 0.6) is 0 Å². The SMILES string of the molecule is CCC1(CC)CC(C(C(=O)O)(C(=O)O)C2CC(CC)(CC)NC(CC)(CC)C2)CC(CC)(CC)N1. The molecule has 0 aromatic carbocycles. The number of carbonyl (C=O) groups is 2. The van der Waals surface area contributed by atoms with Gasteiger partial charge in [0.05, 0.1) is 0 Å². The Labute approximate surface area is 214 Å². The highest BCUT2D eigenvalue weighted by atomic mass is 16.4.